The quantitative estimate of drug-likeness (QED) is 0.557. The highest BCUT2D eigenvalue weighted by Gasteiger charge is 2.20. The molecule has 2 rings (SSSR count). The summed E-state index contributed by atoms with van der Waals surface area (Å²) >= 11 is 0. The molecule has 0 saturated heterocycles. The van der Waals surface area contributed by atoms with Crippen molar-refractivity contribution < 1.29 is 19.0 Å². The molecule has 0 radical (unpaired) electrons. The molecular weight excluding hydrogens is 374 g/mol. The van der Waals surface area contributed by atoms with Gasteiger partial charge >= 0.3 is 6.03 Å². The number of rotatable bonds is 11. The van der Waals surface area contributed by atoms with Gasteiger partial charge in [0, 0.05) is 45.7 Å². The van der Waals surface area contributed by atoms with E-state index in [9.17, 15) is 4.79 Å². The van der Waals surface area contributed by atoms with E-state index in [2.05, 4.69) is 20.6 Å². The molecule has 0 aliphatic carbocycles. The Morgan fingerprint density at radius 1 is 1.14 bits per heavy atom. The summed E-state index contributed by atoms with van der Waals surface area (Å²) in [6, 6.07) is 8.61. The van der Waals surface area contributed by atoms with Crippen LogP contribution in [-0.2, 0) is 9.47 Å². The van der Waals surface area contributed by atoms with E-state index in [0.29, 0.717) is 49.4 Å². The van der Waals surface area contributed by atoms with E-state index in [-0.39, 0.29) is 12.1 Å². The molecule has 29 heavy (non-hydrogen) atoms. The van der Waals surface area contributed by atoms with Crippen molar-refractivity contribution in [2.24, 2.45) is 0 Å². The van der Waals surface area contributed by atoms with Crippen LogP contribution >= 0.6 is 0 Å². The number of hydrogen-bond acceptors (Lipinski definition) is 7. The molecule has 1 atom stereocenters. The number of methoxy groups -OCH3 is 3. The Bertz CT molecular complexity index is 757. The van der Waals surface area contributed by atoms with Crippen LogP contribution in [0.5, 0.6) is 5.75 Å². The zero-order valence-electron chi connectivity index (χ0n) is 17.3. The molecule has 1 aromatic carbocycles. The molecular formula is C20H29N5O4. The summed E-state index contributed by atoms with van der Waals surface area (Å²) in [6.07, 6.45) is 2.32. The minimum absolute atomic E-state index is 0.0209. The van der Waals surface area contributed by atoms with Gasteiger partial charge in [0.2, 0.25) is 5.95 Å². The first-order chi connectivity index (χ1) is 14.1. The summed E-state index contributed by atoms with van der Waals surface area (Å²) in [5, 5.41) is 6.06. The van der Waals surface area contributed by atoms with Crippen molar-refractivity contribution in [1.29, 1.82) is 0 Å². The maximum atomic E-state index is 12.9. The second-order valence-corrected chi connectivity index (χ2v) is 6.35. The number of urea groups is 1. The van der Waals surface area contributed by atoms with Gasteiger partial charge < -0.3 is 24.8 Å². The van der Waals surface area contributed by atoms with Crippen LogP contribution in [0.2, 0.25) is 0 Å². The fourth-order valence-corrected chi connectivity index (χ4v) is 2.63. The van der Waals surface area contributed by atoms with E-state index in [1.807, 2.05) is 6.92 Å². The predicted octanol–water partition coefficient (Wildman–Crippen LogP) is 2.82. The number of anilines is 3. The molecule has 2 aromatic rings. The van der Waals surface area contributed by atoms with E-state index in [1.54, 1.807) is 57.9 Å². The highest BCUT2D eigenvalue weighted by Crippen LogP contribution is 2.26. The summed E-state index contributed by atoms with van der Waals surface area (Å²) in [5.74, 6) is 1.56. The summed E-state index contributed by atoms with van der Waals surface area (Å²) in [5.41, 5.74) is 0.657. The van der Waals surface area contributed by atoms with E-state index < -0.39 is 0 Å². The SMILES string of the molecule is COCCCNC(=O)N(c1ccc(OC)cc1)c1ccnc(N[C@@H](C)COC)n1. The zero-order valence-corrected chi connectivity index (χ0v) is 17.3. The van der Waals surface area contributed by atoms with Gasteiger partial charge in [0.05, 0.1) is 19.4 Å². The van der Waals surface area contributed by atoms with Crippen molar-refractivity contribution >= 4 is 23.5 Å². The van der Waals surface area contributed by atoms with Crippen LogP contribution in [0.3, 0.4) is 0 Å². The van der Waals surface area contributed by atoms with Crippen molar-refractivity contribution in [3.8, 4) is 5.75 Å². The molecule has 0 saturated carbocycles. The van der Waals surface area contributed by atoms with Gasteiger partial charge in [-0.15, -0.1) is 0 Å². The van der Waals surface area contributed by atoms with Gasteiger partial charge in [-0.25, -0.2) is 14.7 Å². The number of amides is 2. The average Bonchev–Trinajstić information content (AvgIpc) is 2.72. The molecule has 0 aliphatic rings. The molecule has 1 aromatic heterocycles. The van der Waals surface area contributed by atoms with Crippen molar-refractivity contribution in [3.05, 3.63) is 36.5 Å². The summed E-state index contributed by atoms with van der Waals surface area (Å²) in [7, 11) is 4.86. The lowest BCUT2D eigenvalue weighted by atomic mass is 10.2. The number of ether oxygens (including phenoxy) is 3. The molecule has 158 valence electrons. The van der Waals surface area contributed by atoms with Crippen molar-refractivity contribution in [2.45, 2.75) is 19.4 Å². The summed E-state index contributed by atoms with van der Waals surface area (Å²) in [4.78, 5) is 23.2. The first-order valence-electron chi connectivity index (χ1n) is 9.38. The number of aromatic nitrogens is 2. The lowest BCUT2D eigenvalue weighted by molar-refractivity contribution is 0.190. The third-order valence-electron chi connectivity index (χ3n) is 4.00. The molecule has 0 aliphatic heterocycles. The van der Waals surface area contributed by atoms with Crippen LogP contribution in [0, 0.1) is 0 Å². The molecule has 9 nitrogen and oxygen atoms in total. The molecule has 2 amide bonds. The van der Waals surface area contributed by atoms with Gasteiger partial charge in [-0.05, 0) is 37.6 Å². The van der Waals surface area contributed by atoms with Gasteiger partial charge in [-0.3, -0.25) is 0 Å². The van der Waals surface area contributed by atoms with Crippen LogP contribution in [-0.4, -0.2) is 63.1 Å². The van der Waals surface area contributed by atoms with Crippen LogP contribution in [0.4, 0.5) is 22.2 Å². The van der Waals surface area contributed by atoms with E-state index >= 15 is 0 Å². The first-order valence-corrected chi connectivity index (χ1v) is 9.38. The Morgan fingerprint density at radius 3 is 2.55 bits per heavy atom. The zero-order chi connectivity index (χ0) is 21.1. The van der Waals surface area contributed by atoms with Gasteiger partial charge in [0.1, 0.15) is 11.6 Å². The molecule has 1 heterocycles. The van der Waals surface area contributed by atoms with Gasteiger partial charge in [-0.2, -0.15) is 4.98 Å². The number of carbonyl (C=O) groups is 1. The minimum atomic E-state index is -0.291. The monoisotopic (exact) mass is 403 g/mol. The number of hydrogen-bond donors (Lipinski definition) is 2. The average molecular weight is 403 g/mol. The Morgan fingerprint density at radius 2 is 1.90 bits per heavy atom. The first kappa shape index (κ1) is 22.4. The second kappa shape index (κ2) is 11.8. The van der Waals surface area contributed by atoms with Crippen LogP contribution in [0.25, 0.3) is 0 Å². The van der Waals surface area contributed by atoms with Crippen molar-refractivity contribution in [1.82, 2.24) is 15.3 Å². The third kappa shape index (κ3) is 6.88. The molecule has 0 unspecified atom stereocenters. The number of nitrogens with one attached hydrogen (secondary N) is 2. The molecule has 2 N–H and O–H groups in total. The molecule has 0 fully saturated rings. The maximum absolute atomic E-state index is 12.9. The van der Waals surface area contributed by atoms with Crippen LogP contribution in [0.15, 0.2) is 36.5 Å². The second-order valence-electron chi connectivity index (χ2n) is 6.35. The smallest absolute Gasteiger partial charge is 0.327 e. The summed E-state index contributed by atoms with van der Waals surface area (Å²) < 4.78 is 15.4. The maximum Gasteiger partial charge on any atom is 0.327 e. The molecule has 0 bridgehead atoms. The number of carbonyl (C=O) groups excluding carboxylic acids is 1. The highest BCUT2D eigenvalue weighted by molar-refractivity contribution is 5.98. The van der Waals surface area contributed by atoms with Crippen molar-refractivity contribution in [3.63, 3.8) is 0 Å². The van der Waals surface area contributed by atoms with E-state index in [1.165, 1.54) is 4.90 Å². The molecule has 9 heteroatoms. The Labute approximate surface area is 171 Å². The van der Waals surface area contributed by atoms with Gasteiger partial charge in [0.25, 0.3) is 0 Å². The highest BCUT2D eigenvalue weighted by atomic mass is 16.5. The minimum Gasteiger partial charge on any atom is -0.497 e. The lowest BCUT2D eigenvalue weighted by Crippen LogP contribution is -2.38. The topological polar surface area (TPSA) is 97.8 Å². The Hall–Kier alpha value is -2.91. The largest absolute Gasteiger partial charge is 0.497 e. The fraction of sp³-hybridized carbons (Fsp3) is 0.450. The molecule has 0 spiro atoms. The normalized spacial score (nSPS) is 11.6. The van der Waals surface area contributed by atoms with Crippen LogP contribution in [0.1, 0.15) is 13.3 Å². The van der Waals surface area contributed by atoms with E-state index in [4.69, 9.17) is 14.2 Å². The van der Waals surface area contributed by atoms with Crippen LogP contribution < -0.4 is 20.3 Å². The Balaban J connectivity index is 2.27. The Kier molecular flexibility index (Phi) is 9.13. The fourth-order valence-electron chi connectivity index (χ4n) is 2.63. The van der Waals surface area contributed by atoms with E-state index in [0.717, 1.165) is 0 Å². The third-order valence-corrected chi connectivity index (χ3v) is 4.00. The predicted molar refractivity (Wildman–Crippen MR) is 112 cm³/mol. The lowest BCUT2D eigenvalue weighted by Gasteiger charge is -2.23. The standard InChI is InChI=1S/C20H29N5O4/c1-15(14-28-3)23-19-21-12-10-18(24-19)25(20(26)22-11-5-13-27-2)16-6-8-17(29-4)9-7-16/h6-10,12,15H,5,11,13-14H2,1-4H3,(H,22,26)(H,21,23,24)/t15-/m0/s1. The van der Waals surface area contributed by atoms with Gasteiger partial charge in [0.15, 0.2) is 0 Å². The summed E-state index contributed by atoms with van der Waals surface area (Å²) in [6.45, 7) is 3.53. The number of benzene rings is 1. The van der Waals surface area contributed by atoms with Crippen molar-refractivity contribution in [2.75, 3.05) is 51.3 Å². The number of nitrogens with zero attached hydrogens (tertiary/aromatic N) is 3. The van der Waals surface area contributed by atoms with Gasteiger partial charge in [-0.1, -0.05) is 0 Å².